The number of aromatic nitrogens is 1. The van der Waals surface area contributed by atoms with Gasteiger partial charge in [0.2, 0.25) is 5.91 Å². The van der Waals surface area contributed by atoms with Crippen molar-refractivity contribution >= 4 is 35.2 Å². The molecule has 0 bridgehead atoms. The van der Waals surface area contributed by atoms with Crippen molar-refractivity contribution in [1.82, 2.24) is 15.2 Å². The van der Waals surface area contributed by atoms with E-state index in [4.69, 9.17) is 16.3 Å². The molecule has 2 fully saturated rings. The van der Waals surface area contributed by atoms with E-state index in [2.05, 4.69) is 10.3 Å². The average Bonchev–Trinajstić information content (AvgIpc) is 3.06. The smallest absolute Gasteiger partial charge is 0.410 e. The lowest BCUT2D eigenvalue weighted by atomic mass is 9.74. The maximum atomic E-state index is 14.3. The summed E-state index contributed by atoms with van der Waals surface area (Å²) < 4.78 is 19.8. The molecule has 1 aromatic heterocycles. The number of nitrogens with one attached hydrogen (secondary N) is 1. The summed E-state index contributed by atoms with van der Waals surface area (Å²) in [6.45, 7) is 8.02. The number of anilines is 1. The summed E-state index contributed by atoms with van der Waals surface area (Å²) in [6.07, 6.45) is 4.32. The molecule has 0 radical (unpaired) electrons. The van der Waals surface area contributed by atoms with Crippen molar-refractivity contribution in [1.29, 1.82) is 0 Å². The fraction of sp³-hybridized carbons (Fsp3) is 0.517. The van der Waals surface area contributed by atoms with Crippen LogP contribution in [0.3, 0.4) is 0 Å². The number of aryl methyl sites for hydroxylation is 1. The molecule has 208 valence electrons. The van der Waals surface area contributed by atoms with Gasteiger partial charge in [0.05, 0.1) is 16.3 Å². The predicted octanol–water partition coefficient (Wildman–Crippen LogP) is 5.01. The van der Waals surface area contributed by atoms with E-state index in [1.807, 2.05) is 0 Å². The van der Waals surface area contributed by atoms with E-state index in [0.29, 0.717) is 34.1 Å². The number of carbonyl (C=O) groups is 3. The molecule has 2 aliphatic heterocycles. The fourth-order valence-corrected chi connectivity index (χ4v) is 6.06. The molecule has 2 aromatic rings. The van der Waals surface area contributed by atoms with Crippen LogP contribution in [0, 0.1) is 18.7 Å². The number of halogens is 2. The Labute approximate surface area is 232 Å². The van der Waals surface area contributed by atoms with Crippen LogP contribution in [0.1, 0.15) is 68.1 Å². The Balaban J connectivity index is 1.23. The number of likely N-dealkylation sites (tertiary alicyclic amines) is 1. The Morgan fingerprint density at radius 1 is 1.18 bits per heavy atom. The van der Waals surface area contributed by atoms with Gasteiger partial charge in [-0.15, -0.1) is 0 Å². The summed E-state index contributed by atoms with van der Waals surface area (Å²) in [7, 11) is 0. The Morgan fingerprint density at radius 3 is 2.54 bits per heavy atom. The number of rotatable bonds is 4. The van der Waals surface area contributed by atoms with Crippen molar-refractivity contribution in [3.63, 3.8) is 0 Å². The van der Waals surface area contributed by atoms with Crippen LogP contribution in [-0.2, 0) is 14.9 Å². The van der Waals surface area contributed by atoms with Crippen LogP contribution in [0.4, 0.5) is 14.9 Å². The van der Waals surface area contributed by atoms with Gasteiger partial charge in [-0.2, -0.15) is 0 Å². The Kier molecular flexibility index (Phi) is 7.07. The van der Waals surface area contributed by atoms with Crippen LogP contribution in [0.5, 0.6) is 0 Å². The minimum Gasteiger partial charge on any atom is -0.444 e. The third-order valence-corrected chi connectivity index (χ3v) is 8.12. The van der Waals surface area contributed by atoms with Gasteiger partial charge in [0.1, 0.15) is 16.8 Å². The van der Waals surface area contributed by atoms with Gasteiger partial charge in [-0.1, -0.05) is 11.6 Å². The lowest BCUT2D eigenvalue weighted by Crippen LogP contribution is -2.66. The molecule has 39 heavy (non-hydrogen) atoms. The second kappa shape index (κ2) is 10.1. The number of amides is 3. The third kappa shape index (κ3) is 5.33. The normalized spacial score (nSPS) is 21.9. The van der Waals surface area contributed by atoms with Crippen molar-refractivity contribution in [2.24, 2.45) is 5.92 Å². The first-order valence-electron chi connectivity index (χ1n) is 13.4. The molecule has 3 amide bonds. The number of fused-ring (bicyclic) bond motifs is 2. The summed E-state index contributed by atoms with van der Waals surface area (Å²) >= 11 is 6.02. The molecule has 1 spiro atoms. The highest BCUT2D eigenvalue weighted by Gasteiger charge is 2.60. The van der Waals surface area contributed by atoms with E-state index in [1.54, 1.807) is 44.7 Å². The largest absolute Gasteiger partial charge is 0.444 e. The quantitative estimate of drug-likeness (QED) is 0.572. The van der Waals surface area contributed by atoms with Crippen LogP contribution >= 0.6 is 11.6 Å². The SMILES string of the molecule is Cc1ncc(Cl)cc1C(=O)N[C@H]1CC[C@H](CN2C(=O)C3(CN(C(=O)OC(C)(C)C)C3)c3cc(F)ccc32)CC1. The molecule has 1 aromatic carbocycles. The van der Waals surface area contributed by atoms with E-state index in [9.17, 15) is 18.8 Å². The monoisotopic (exact) mass is 556 g/mol. The van der Waals surface area contributed by atoms with Gasteiger partial charge in [-0.25, -0.2) is 9.18 Å². The molecule has 1 N–H and O–H groups in total. The average molecular weight is 557 g/mol. The zero-order valence-electron chi connectivity index (χ0n) is 22.7. The van der Waals surface area contributed by atoms with Gasteiger partial charge < -0.3 is 19.9 Å². The first kappa shape index (κ1) is 27.4. The van der Waals surface area contributed by atoms with E-state index >= 15 is 0 Å². The first-order chi connectivity index (χ1) is 18.4. The first-order valence-corrected chi connectivity index (χ1v) is 13.8. The van der Waals surface area contributed by atoms with Gasteiger partial charge in [-0.05, 0) is 89.1 Å². The molecule has 3 heterocycles. The molecule has 0 atom stereocenters. The number of ether oxygens (including phenoxy) is 1. The zero-order chi connectivity index (χ0) is 28.1. The fourth-order valence-electron chi connectivity index (χ4n) is 5.91. The summed E-state index contributed by atoms with van der Waals surface area (Å²) in [5.74, 6) is -0.438. The summed E-state index contributed by atoms with van der Waals surface area (Å²) in [6, 6.07) is 6.13. The van der Waals surface area contributed by atoms with Crippen molar-refractivity contribution < 1.29 is 23.5 Å². The molecule has 10 heteroatoms. The molecule has 1 aliphatic carbocycles. The molecule has 3 aliphatic rings. The van der Waals surface area contributed by atoms with Gasteiger partial charge in [0.25, 0.3) is 5.91 Å². The predicted molar refractivity (Wildman–Crippen MR) is 145 cm³/mol. The molecule has 5 rings (SSSR count). The van der Waals surface area contributed by atoms with Crippen LogP contribution in [-0.4, -0.2) is 59.1 Å². The highest BCUT2D eigenvalue weighted by atomic mass is 35.5. The van der Waals surface area contributed by atoms with Crippen LogP contribution in [0.2, 0.25) is 5.02 Å². The van der Waals surface area contributed by atoms with Gasteiger partial charge in [0.15, 0.2) is 0 Å². The molecular weight excluding hydrogens is 523 g/mol. The van der Waals surface area contributed by atoms with Gasteiger partial charge >= 0.3 is 6.09 Å². The second-order valence-electron chi connectivity index (χ2n) is 12.0. The maximum absolute atomic E-state index is 14.3. The highest BCUT2D eigenvalue weighted by Crippen LogP contribution is 2.48. The van der Waals surface area contributed by atoms with Gasteiger partial charge in [0, 0.05) is 37.6 Å². The van der Waals surface area contributed by atoms with Crippen molar-refractivity contribution in [2.45, 2.75) is 70.4 Å². The third-order valence-electron chi connectivity index (χ3n) is 7.91. The van der Waals surface area contributed by atoms with Crippen LogP contribution in [0.25, 0.3) is 0 Å². The zero-order valence-corrected chi connectivity index (χ0v) is 23.5. The maximum Gasteiger partial charge on any atom is 0.410 e. The summed E-state index contributed by atoms with van der Waals surface area (Å²) in [5.41, 5.74) is 0.870. The Hall–Kier alpha value is -3.20. The lowest BCUT2D eigenvalue weighted by Gasteiger charge is -2.46. The highest BCUT2D eigenvalue weighted by molar-refractivity contribution is 6.30. The minimum absolute atomic E-state index is 0.0307. The molecule has 1 saturated heterocycles. The van der Waals surface area contributed by atoms with E-state index < -0.39 is 22.9 Å². The van der Waals surface area contributed by atoms with E-state index in [-0.39, 0.29) is 36.9 Å². The molecular formula is C29H34ClFN4O4. The van der Waals surface area contributed by atoms with Crippen molar-refractivity contribution in [2.75, 3.05) is 24.5 Å². The number of carbonyl (C=O) groups excluding carboxylic acids is 3. The second-order valence-corrected chi connectivity index (χ2v) is 12.4. The summed E-state index contributed by atoms with van der Waals surface area (Å²) in [5, 5.41) is 3.52. The molecule has 0 unspecified atom stereocenters. The summed E-state index contributed by atoms with van der Waals surface area (Å²) in [4.78, 5) is 46.6. The number of hydrogen-bond acceptors (Lipinski definition) is 5. The van der Waals surface area contributed by atoms with Crippen LogP contribution < -0.4 is 10.2 Å². The Bertz CT molecular complexity index is 1310. The number of hydrogen-bond donors (Lipinski definition) is 1. The van der Waals surface area contributed by atoms with E-state index in [0.717, 1.165) is 25.7 Å². The van der Waals surface area contributed by atoms with E-state index in [1.165, 1.54) is 23.2 Å². The minimum atomic E-state index is -0.942. The topological polar surface area (TPSA) is 91.8 Å². The molecule has 1 saturated carbocycles. The molecule has 8 nitrogen and oxygen atoms in total. The number of pyridine rings is 1. The lowest BCUT2D eigenvalue weighted by molar-refractivity contribution is -0.129. The van der Waals surface area contributed by atoms with Gasteiger partial charge in [-0.3, -0.25) is 14.6 Å². The number of nitrogens with zero attached hydrogens (tertiary/aromatic N) is 3. The number of benzene rings is 1. The Morgan fingerprint density at radius 2 is 1.87 bits per heavy atom. The van der Waals surface area contributed by atoms with Crippen LogP contribution in [0.15, 0.2) is 30.5 Å². The van der Waals surface area contributed by atoms with Crippen molar-refractivity contribution in [3.05, 3.63) is 58.1 Å². The standard InChI is InChI=1S/C29H34ClFN4O4/c1-17-22(11-19(30)13-32-17)25(36)33-21-8-5-18(6-9-21)14-35-24-10-7-20(31)12-23(24)29(26(35)37)15-34(16-29)27(38)39-28(2,3)4/h7,10-13,18,21H,5-6,8-9,14-16H2,1-4H3,(H,33,36)/t18-,21-. The van der Waals surface area contributed by atoms with Crippen molar-refractivity contribution in [3.8, 4) is 0 Å².